The molecule has 2 heteroatoms. The summed E-state index contributed by atoms with van der Waals surface area (Å²) in [6.45, 7) is 11.9. The molecule has 0 radical (unpaired) electrons. The van der Waals surface area contributed by atoms with Crippen LogP contribution in [0.3, 0.4) is 0 Å². The quantitative estimate of drug-likeness (QED) is 0.522. The lowest BCUT2D eigenvalue weighted by Crippen LogP contribution is -2.44. The van der Waals surface area contributed by atoms with Crippen LogP contribution in [0, 0.1) is 0 Å². The summed E-state index contributed by atoms with van der Waals surface area (Å²) in [6, 6.07) is 11.2. The lowest BCUT2D eigenvalue weighted by atomic mass is 9.86. The molecule has 1 nitrogen and oxygen atoms in total. The molecule has 0 bridgehead atoms. The van der Waals surface area contributed by atoms with Crippen LogP contribution in [0.15, 0.2) is 30.3 Å². The Kier molecular flexibility index (Phi) is 7.12. The van der Waals surface area contributed by atoms with Crippen molar-refractivity contribution in [2.75, 3.05) is 0 Å². The zero-order valence-electron chi connectivity index (χ0n) is 16.6. The van der Waals surface area contributed by atoms with Crippen LogP contribution >= 0.6 is 0 Å². The normalized spacial score (nSPS) is 24.5. The SMILES string of the molecule is CC(C)(C)[Si](C)(C)OC1CCCCCC(c2ccccc2)CCC1. The second kappa shape index (κ2) is 8.67. The Bertz CT molecular complexity index is 474. The van der Waals surface area contributed by atoms with Crippen LogP contribution in [0.2, 0.25) is 18.1 Å². The standard InChI is InChI=1S/C22H38OSi/c1-22(2,3)24(4,5)23-21-17-11-7-10-15-20(16-12-18-21)19-13-8-6-9-14-19/h6,8-9,13-14,20-21H,7,10-12,15-18H2,1-5H3. The molecule has 1 fully saturated rings. The second-order valence-electron chi connectivity index (χ2n) is 9.18. The van der Waals surface area contributed by atoms with Crippen molar-refractivity contribution in [3.8, 4) is 0 Å². The summed E-state index contributed by atoms with van der Waals surface area (Å²) < 4.78 is 6.75. The highest BCUT2D eigenvalue weighted by Gasteiger charge is 2.39. The predicted octanol–water partition coefficient (Wildman–Crippen LogP) is 7.30. The molecule has 0 heterocycles. The zero-order valence-corrected chi connectivity index (χ0v) is 17.6. The summed E-state index contributed by atoms with van der Waals surface area (Å²) in [5.74, 6) is 0.748. The maximum absolute atomic E-state index is 6.75. The fourth-order valence-corrected chi connectivity index (χ4v) is 5.01. The highest BCUT2D eigenvalue weighted by atomic mass is 28.4. The van der Waals surface area contributed by atoms with Crippen molar-refractivity contribution in [1.29, 1.82) is 0 Å². The van der Waals surface area contributed by atoms with Crippen LogP contribution in [-0.2, 0) is 4.43 Å². The van der Waals surface area contributed by atoms with E-state index in [1.807, 2.05) is 0 Å². The maximum atomic E-state index is 6.75. The molecule has 1 aliphatic carbocycles. The Morgan fingerprint density at radius 2 is 1.42 bits per heavy atom. The fraction of sp³-hybridized carbons (Fsp3) is 0.727. The van der Waals surface area contributed by atoms with Crippen LogP contribution in [0.1, 0.15) is 83.6 Å². The molecular formula is C22H38OSi. The minimum atomic E-state index is -1.64. The predicted molar refractivity (Wildman–Crippen MR) is 108 cm³/mol. The Labute approximate surface area is 151 Å². The summed E-state index contributed by atoms with van der Waals surface area (Å²) >= 11 is 0. The number of hydrogen-bond acceptors (Lipinski definition) is 1. The van der Waals surface area contributed by atoms with Crippen molar-refractivity contribution in [3.05, 3.63) is 35.9 Å². The minimum Gasteiger partial charge on any atom is -0.414 e. The monoisotopic (exact) mass is 346 g/mol. The third kappa shape index (κ3) is 5.74. The van der Waals surface area contributed by atoms with E-state index in [4.69, 9.17) is 4.43 Å². The van der Waals surface area contributed by atoms with Gasteiger partial charge in [0.2, 0.25) is 0 Å². The van der Waals surface area contributed by atoms with Crippen LogP contribution in [0.25, 0.3) is 0 Å². The molecule has 1 saturated carbocycles. The van der Waals surface area contributed by atoms with Crippen molar-refractivity contribution in [2.45, 2.75) is 102 Å². The first kappa shape index (κ1) is 19.7. The molecule has 24 heavy (non-hydrogen) atoms. The minimum absolute atomic E-state index is 0.314. The van der Waals surface area contributed by atoms with Gasteiger partial charge in [-0.25, -0.2) is 0 Å². The number of hydrogen-bond donors (Lipinski definition) is 0. The molecule has 0 spiro atoms. The molecule has 1 aromatic carbocycles. The van der Waals surface area contributed by atoms with Crippen LogP contribution < -0.4 is 0 Å². The topological polar surface area (TPSA) is 9.23 Å². The van der Waals surface area contributed by atoms with E-state index in [0.29, 0.717) is 11.1 Å². The van der Waals surface area contributed by atoms with E-state index in [1.165, 1.54) is 51.4 Å². The molecule has 1 aliphatic rings. The van der Waals surface area contributed by atoms with Crippen LogP contribution in [-0.4, -0.2) is 14.4 Å². The van der Waals surface area contributed by atoms with Gasteiger partial charge in [-0.05, 0) is 55.3 Å². The molecule has 0 aromatic heterocycles. The van der Waals surface area contributed by atoms with Crippen molar-refractivity contribution < 1.29 is 4.43 Å². The third-order valence-electron chi connectivity index (χ3n) is 6.20. The summed E-state index contributed by atoms with van der Waals surface area (Å²) in [5.41, 5.74) is 1.54. The Balaban J connectivity index is 1.96. The van der Waals surface area contributed by atoms with Gasteiger partial charge in [0.1, 0.15) is 0 Å². The molecule has 0 N–H and O–H groups in total. The zero-order chi connectivity index (χ0) is 17.6. The van der Waals surface area contributed by atoms with E-state index in [9.17, 15) is 0 Å². The van der Waals surface area contributed by atoms with Crippen LogP contribution in [0.5, 0.6) is 0 Å². The Morgan fingerprint density at radius 1 is 0.833 bits per heavy atom. The molecule has 1 aromatic rings. The van der Waals surface area contributed by atoms with E-state index in [1.54, 1.807) is 5.56 Å². The summed E-state index contributed by atoms with van der Waals surface area (Å²) in [5, 5.41) is 0.314. The molecular weight excluding hydrogens is 308 g/mol. The summed E-state index contributed by atoms with van der Waals surface area (Å²) in [7, 11) is -1.64. The van der Waals surface area contributed by atoms with E-state index < -0.39 is 8.32 Å². The Morgan fingerprint density at radius 3 is 2.08 bits per heavy atom. The van der Waals surface area contributed by atoms with Gasteiger partial charge in [-0.1, -0.05) is 76.8 Å². The van der Waals surface area contributed by atoms with Crippen LogP contribution in [0.4, 0.5) is 0 Å². The smallest absolute Gasteiger partial charge is 0.192 e. The van der Waals surface area contributed by atoms with E-state index in [-0.39, 0.29) is 0 Å². The van der Waals surface area contributed by atoms with Crippen molar-refractivity contribution in [2.24, 2.45) is 0 Å². The fourth-order valence-electron chi connectivity index (χ4n) is 3.59. The average molecular weight is 347 g/mol. The van der Waals surface area contributed by atoms with Gasteiger partial charge < -0.3 is 4.43 Å². The molecule has 0 saturated heterocycles. The molecule has 2 rings (SSSR count). The summed E-state index contributed by atoms with van der Waals surface area (Å²) in [6.07, 6.45) is 11.0. The van der Waals surface area contributed by atoms with Crippen molar-refractivity contribution in [3.63, 3.8) is 0 Å². The molecule has 0 amide bonds. The highest BCUT2D eigenvalue weighted by molar-refractivity contribution is 6.74. The maximum Gasteiger partial charge on any atom is 0.192 e. The van der Waals surface area contributed by atoms with Gasteiger partial charge in [0.05, 0.1) is 0 Å². The van der Waals surface area contributed by atoms with Gasteiger partial charge in [-0.15, -0.1) is 0 Å². The van der Waals surface area contributed by atoms with Crippen molar-refractivity contribution >= 4 is 8.32 Å². The van der Waals surface area contributed by atoms with E-state index in [2.05, 4.69) is 64.2 Å². The van der Waals surface area contributed by atoms with Gasteiger partial charge in [0.25, 0.3) is 0 Å². The number of rotatable bonds is 3. The first-order chi connectivity index (χ1) is 11.3. The lowest BCUT2D eigenvalue weighted by Gasteiger charge is -2.39. The molecule has 136 valence electrons. The van der Waals surface area contributed by atoms with E-state index in [0.717, 1.165) is 5.92 Å². The first-order valence-electron chi connectivity index (χ1n) is 10.0. The molecule has 0 aliphatic heterocycles. The summed E-state index contributed by atoms with van der Waals surface area (Å²) in [4.78, 5) is 0. The largest absolute Gasteiger partial charge is 0.414 e. The lowest BCUT2D eigenvalue weighted by molar-refractivity contribution is 0.151. The van der Waals surface area contributed by atoms with Gasteiger partial charge >= 0.3 is 0 Å². The average Bonchev–Trinajstić information content (AvgIpc) is 2.52. The second-order valence-corrected chi connectivity index (χ2v) is 13.9. The highest BCUT2D eigenvalue weighted by Crippen LogP contribution is 2.39. The van der Waals surface area contributed by atoms with Crippen molar-refractivity contribution in [1.82, 2.24) is 0 Å². The Hall–Kier alpha value is -0.603. The van der Waals surface area contributed by atoms with Gasteiger partial charge in [-0.3, -0.25) is 0 Å². The van der Waals surface area contributed by atoms with E-state index >= 15 is 0 Å². The van der Waals surface area contributed by atoms with Gasteiger partial charge in [0, 0.05) is 6.10 Å². The third-order valence-corrected chi connectivity index (χ3v) is 10.7. The molecule has 2 unspecified atom stereocenters. The number of benzene rings is 1. The van der Waals surface area contributed by atoms with Gasteiger partial charge in [-0.2, -0.15) is 0 Å². The first-order valence-corrected chi connectivity index (χ1v) is 12.9. The van der Waals surface area contributed by atoms with Gasteiger partial charge in [0.15, 0.2) is 8.32 Å². The molecule has 2 atom stereocenters.